The highest BCUT2D eigenvalue weighted by Crippen LogP contribution is 2.16. The molecule has 0 amide bonds. The molecular weight excluding hydrogens is 208 g/mol. The molecule has 1 aromatic carbocycles. The van der Waals surface area contributed by atoms with Crippen molar-refractivity contribution in [3.8, 4) is 0 Å². The first-order valence-electron chi connectivity index (χ1n) is 4.51. The first-order chi connectivity index (χ1) is 7.18. The molecule has 0 bridgehead atoms. The van der Waals surface area contributed by atoms with E-state index in [1.165, 1.54) is 10.9 Å². The summed E-state index contributed by atoms with van der Waals surface area (Å²) in [5, 5.41) is 0. The van der Waals surface area contributed by atoms with Crippen molar-refractivity contribution >= 4 is 18.5 Å². The SMILES string of the molecule is Cc1ccc(S)c(C(=O)n2ccnc2)c1. The molecule has 0 unspecified atom stereocenters. The quantitative estimate of drug-likeness (QED) is 0.744. The minimum absolute atomic E-state index is 0.110. The van der Waals surface area contributed by atoms with Gasteiger partial charge in [0.1, 0.15) is 6.33 Å². The van der Waals surface area contributed by atoms with Crippen LogP contribution in [0.2, 0.25) is 0 Å². The summed E-state index contributed by atoms with van der Waals surface area (Å²) in [4.78, 5) is 16.5. The number of nitrogens with zero attached hydrogens (tertiary/aromatic N) is 2. The number of hydrogen-bond donors (Lipinski definition) is 1. The van der Waals surface area contributed by atoms with E-state index in [-0.39, 0.29) is 5.91 Å². The average molecular weight is 218 g/mol. The molecule has 0 atom stereocenters. The van der Waals surface area contributed by atoms with Crippen LogP contribution in [0.1, 0.15) is 15.9 Å². The molecule has 0 aliphatic rings. The zero-order chi connectivity index (χ0) is 10.8. The molecule has 0 spiro atoms. The Labute approximate surface area is 93.2 Å². The summed E-state index contributed by atoms with van der Waals surface area (Å²) >= 11 is 4.26. The molecule has 0 saturated heterocycles. The van der Waals surface area contributed by atoms with Crippen molar-refractivity contribution < 1.29 is 4.79 Å². The van der Waals surface area contributed by atoms with Crippen molar-refractivity contribution in [1.82, 2.24) is 9.55 Å². The zero-order valence-corrected chi connectivity index (χ0v) is 9.11. The van der Waals surface area contributed by atoms with E-state index >= 15 is 0 Å². The lowest BCUT2D eigenvalue weighted by molar-refractivity contribution is 0.0957. The topological polar surface area (TPSA) is 34.9 Å². The number of hydrogen-bond acceptors (Lipinski definition) is 3. The number of aromatic nitrogens is 2. The predicted molar refractivity (Wildman–Crippen MR) is 60.4 cm³/mol. The van der Waals surface area contributed by atoms with E-state index in [0.717, 1.165) is 5.56 Å². The molecule has 0 radical (unpaired) electrons. The molecule has 2 rings (SSSR count). The third kappa shape index (κ3) is 1.94. The Kier molecular flexibility index (Phi) is 2.60. The lowest BCUT2D eigenvalue weighted by Gasteiger charge is -2.05. The van der Waals surface area contributed by atoms with E-state index < -0.39 is 0 Å². The summed E-state index contributed by atoms with van der Waals surface area (Å²) in [5.41, 5.74) is 1.63. The number of thiol groups is 1. The Balaban J connectivity index is 2.46. The lowest BCUT2D eigenvalue weighted by Crippen LogP contribution is -2.10. The van der Waals surface area contributed by atoms with Crippen LogP contribution in [0.4, 0.5) is 0 Å². The number of aryl methyl sites for hydroxylation is 1. The molecule has 0 aliphatic carbocycles. The van der Waals surface area contributed by atoms with E-state index in [2.05, 4.69) is 17.6 Å². The second-order valence-corrected chi connectivity index (χ2v) is 3.78. The maximum Gasteiger partial charge on any atom is 0.264 e. The second kappa shape index (κ2) is 3.90. The van der Waals surface area contributed by atoms with Gasteiger partial charge in [0.05, 0.1) is 5.56 Å². The minimum atomic E-state index is -0.110. The van der Waals surface area contributed by atoms with Crippen LogP contribution in [0, 0.1) is 6.92 Å². The van der Waals surface area contributed by atoms with Gasteiger partial charge in [0.25, 0.3) is 5.91 Å². The van der Waals surface area contributed by atoms with Crippen LogP contribution in [0.5, 0.6) is 0 Å². The van der Waals surface area contributed by atoms with Gasteiger partial charge in [0, 0.05) is 17.3 Å². The standard InChI is InChI=1S/C11H10N2OS/c1-8-2-3-10(15)9(6-8)11(14)13-5-4-12-7-13/h2-7,15H,1H3. The van der Waals surface area contributed by atoms with E-state index in [0.29, 0.717) is 10.5 Å². The highest BCUT2D eigenvalue weighted by Gasteiger charge is 2.10. The Hall–Kier alpha value is -1.55. The Morgan fingerprint density at radius 3 is 2.93 bits per heavy atom. The van der Waals surface area contributed by atoms with Gasteiger partial charge >= 0.3 is 0 Å². The molecular formula is C11H10N2OS. The fraction of sp³-hybridized carbons (Fsp3) is 0.0909. The first kappa shape index (κ1) is 9.98. The molecule has 76 valence electrons. The van der Waals surface area contributed by atoms with Gasteiger partial charge in [0.2, 0.25) is 0 Å². The van der Waals surface area contributed by atoms with Crippen LogP contribution in [0.15, 0.2) is 41.8 Å². The van der Waals surface area contributed by atoms with Crippen LogP contribution in [-0.2, 0) is 0 Å². The summed E-state index contributed by atoms with van der Waals surface area (Å²) in [6.07, 6.45) is 4.68. The lowest BCUT2D eigenvalue weighted by atomic mass is 10.1. The van der Waals surface area contributed by atoms with Gasteiger partial charge in [-0.1, -0.05) is 11.6 Å². The van der Waals surface area contributed by atoms with Crippen molar-refractivity contribution in [2.75, 3.05) is 0 Å². The summed E-state index contributed by atoms with van der Waals surface area (Å²) in [6.45, 7) is 1.94. The maximum absolute atomic E-state index is 12.0. The smallest absolute Gasteiger partial charge is 0.264 e. The summed E-state index contributed by atoms with van der Waals surface area (Å²) < 4.78 is 1.44. The molecule has 1 heterocycles. The fourth-order valence-corrected chi connectivity index (χ4v) is 1.57. The monoisotopic (exact) mass is 218 g/mol. The third-order valence-electron chi connectivity index (χ3n) is 2.12. The van der Waals surface area contributed by atoms with Crippen LogP contribution >= 0.6 is 12.6 Å². The Morgan fingerprint density at radius 2 is 2.27 bits per heavy atom. The van der Waals surface area contributed by atoms with E-state index in [4.69, 9.17) is 0 Å². The summed E-state index contributed by atoms with van der Waals surface area (Å²) in [5.74, 6) is -0.110. The van der Waals surface area contributed by atoms with E-state index in [1.54, 1.807) is 12.4 Å². The van der Waals surface area contributed by atoms with Crippen LogP contribution < -0.4 is 0 Å². The predicted octanol–water partition coefficient (Wildman–Crippen LogP) is 2.17. The van der Waals surface area contributed by atoms with Gasteiger partial charge in [-0.05, 0) is 19.1 Å². The van der Waals surface area contributed by atoms with Crippen molar-refractivity contribution in [3.05, 3.63) is 48.0 Å². The zero-order valence-electron chi connectivity index (χ0n) is 8.21. The first-order valence-corrected chi connectivity index (χ1v) is 4.95. The average Bonchev–Trinajstić information content (AvgIpc) is 2.74. The number of carbonyl (C=O) groups excluding carboxylic acids is 1. The number of imidazole rings is 1. The van der Waals surface area contributed by atoms with Crippen molar-refractivity contribution in [2.45, 2.75) is 11.8 Å². The largest absolute Gasteiger partial charge is 0.272 e. The number of carbonyl (C=O) groups is 1. The molecule has 15 heavy (non-hydrogen) atoms. The van der Waals surface area contributed by atoms with Gasteiger partial charge < -0.3 is 0 Å². The highest BCUT2D eigenvalue weighted by molar-refractivity contribution is 7.80. The molecule has 0 saturated carbocycles. The number of rotatable bonds is 1. The third-order valence-corrected chi connectivity index (χ3v) is 2.51. The Bertz CT molecular complexity index is 491. The second-order valence-electron chi connectivity index (χ2n) is 3.30. The molecule has 0 N–H and O–H groups in total. The van der Waals surface area contributed by atoms with Crippen molar-refractivity contribution in [2.24, 2.45) is 0 Å². The molecule has 0 aliphatic heterocycles. The van der Waals surface area contributed by atoms with Crippen molar-refractivity contribution in [3.63, 3.8) is 0 Å². The Morgan fingerprint density at radius 1 is 1.47 bits per heavy atom. The maximum atomic E-state index is 12.0. The van der Waals surface area contributed by atoms with Crippen LogP contribution in [0.25, 0.3) is 0 Å². The van der Waals surface area contributed by atoms with Gasteiger partial charge in [-0.25, -0.2) is 4.98 Å². The molecule has 3 nitrogen and oxygen atoms in total. The highest BCUT2D eigenvalue weighted by atomic mass is 32.1. The summed E-state index contributed by atoms with van der Waals surface area (Å²) in [6, 6.07) is 5.57. The molecule has 4 heteroatoms. The summed E-state index contributed by atoms with van der Waals surface area (Å²) in [7, 11) is 0. The van der Waals surface area contributed by atoms with E-state index in [1.807, 2.05) is 25.1 Å². The molecule has 1 aromatic heterocycles. The normalized spacial score (nSPS) is 10.3. The van der Waals surface area contributed by atoms with E-state index in [9.17, 15) is 4.79 Å². The molecule has 2 aromatic rings. The van der Waals surface area contributed by atoms with Gasteiger partial charge in [-0.3, -0.25) is 9.36 Å². The van der Waals surface area contributed by atoms with Gasteiger partial charge in [0.15, 0.2) is 0 Å². The van der Waals surface area contributed by atoms with Crippen LogP contribution in [0.3, 0.4) is 0 Å². The number of benzene rings is 1. The molecule has 0 fully saturated rings. The van der Waals surface area contributed by atoms with Gasteiger partial charge in [-0.15, -0.1) is 12.6 Å². The minimum Gasteiger partial charge on any atom is -0.272 e. The van der Waals surface area contributed by atoms with Gasteiger partial charge in [-0.2, -0.15) is 0 Å². The van der Waals surface area contributed by atoms with Crippen LogP contribution in [-0.4, -0.2) is 15.5 Å². The van der Waals surface area contributed by atoms with Crippen molar-refractivity contribution in [1.29, 1.82) is 0 Å². The fourth-order valence-electron chi connectivity index (χ4n) is 1.34.